The summed E-state index contributed by atoms with van der Waals surface area (Å²) >= 11 is 6.02. The third kappa shape index (κ3) is 2.72. The van der Waals surface area contributed by atoms with E-state index in [1.165, 1.54) is 12.8 Å². The van der Waals surface area contributed by atoms with Crippen molar-refractivity contribution in [3.63, 3.8) is 0 Å². The minimum absolute atomic E-state index is 0.133. The van der Waals surface area contributed by atoms with Gasteiger partial charge in [-0.2, -0.15) is 0 Å². The van der Waals surface area contributed by atoms with Crippen molar-refractivity contribution < 1.29 is 8.42 Å². The van der Waals surface area contributed by atoms with Crippen LogP contribution in [0.3, 0.4) is 0 Å². The van der Waals surface area contributed by atoms with Crippen LogP contribution in [0.2, 0.25) is 5.02 Å². The fourth-order valence-corrected chi connectivity index (χ4v) is 4.47. The Hall–Kier alpha value is -0.620. The maximum absolute atomic E-state index is 12.4. The molecule has 6 heteroatoms. The predicted octanol–water partition coefficient (Wildman–Crippen LogP) is 2.27. The van der Waals surface area contributed by atoms with Crippen LogP contribution < -0.4 is 10.5 Å². The zero-order valence-corrected chi connectivity index (χ0v) is 12.8. The molecule has 0 amide bonds. The molecule has 110 valence electrons. The molecular formula is C14H19ClN2O2S. The fraction of sp³-hybridized carbons (Fsp3) is 0.571. The van der Waals surface area contributed by atoms with Gasteiger partial charge in [0.1, 0.15) is 4.90 Å². The summed E-state index contributed by atoms with van der Waals surface area (Å²) in [4.78, 5) is 0.133. The second kappa shape index (κ2) is 4.98. The number of halogens is 1. The first-order valence-corrected chi connectivity index (χ1v) is 8.81. The quantitative estimate of drug-likeness (QED) is 0.846. The lowest BCUT2D eigenvalue weighted by atomic mass is 10.0. The Morgan fingerprint density at radius 3 is 2.60 bits per heavy atom. The van der Waals surface area contributed by atoms with Crippen molar-refractivity contribution >= 4 is 21.6 Å². The molecule has 1 aromatic carbocycles. The Kier molecular flexibility index (Phi) is 3.57. The Bertz CT molecular complexity index is 622. The molecule has 0 aromatic heterocycles. The molecule has 0 spiro atoms. The fourth-order valence-electron chi connectivity index (χ4n) is 2.78. The minimum Gasteiger partial charge on any atom is -0.326 e. The van der Waals surface area contributed by atoms with Gasteiger partial charge < -0.3 is 5.73 Å². The van der Waals surface area contributed by atoms with Gasteiger partial charge in [0.2, 0.25) is 10.0 Å². The van der Waals surface area contributed by atoms with Crippen LogP contribution in [0.1, 0.15) is 31.2 Å². The normalized spacial score (nSPS) is 20.9. The van der Waals surface area contributed by atoms with Gasteiger partial charge in [-0.25, -0.2) is 13.1 Å². The Balaban J connectivity index is 1.77. The molecule has 2 aliphatic carbocycles. The molecule has 2 aliphatic rings. The van der Waals surface area contributed by atoms with Gasteiger partial charge in [-0.3, -0.25) is 0 Å². The van der Waals surface area contributed by atoms with E-state index in [4.69, 9.17) is 17.3 Å². The summed E-state index contributed by atoms with van der Waals surface area (Å²) in [7, 11) is -3.56. The molecule has 3 rings (SSSR count). The summed E-state index contributed by atoms with van der Waals surface area (Å²) in [5.41, 5.74) is 6.54. The van der Waals surface area contributed by atoms with Crippen LogP contribution in [0, 0.1) is 11.3 Å². The van der Waals surface area contributed by atoms with Crippen molar-refractivity contribution in [1.29, 1.82) is 0 Å². The van der Waals surface area contributed by atoms with Gasteiger partial charge in [0.25, 0.3) is 0 Å². The van der Waals surface area contributed by atoms with Crippen LogP contribution in [0.25, 0.3) is 0 Å². The van der Waals surface area contributed by atoms with Gasteiger partial charge in [-0.15, -0.1) is 0 Å². The molecule has 20 heavy (non-hydrogen) atoms. The third-order valence-electron chi connectivity index (χ3n) is 4.47. The summed E-state index contributed by atoms with van der Waals surface area (Å²) in [6, 6.07) is 4.89. The van der Waals surface area contributed by atoms with Gasteiger partial charge in [0.15, 0.2) is 0 Å². The topological polar surface area (TPSA) is 72.2 Å². The van der Waals surface area contributed by atoms with E-state index in [0.717, 1.165) is 24.3 Å². The van der Waals surface area contributed by atoms with Gasteiger partial charge in [0, 0.05) is 13.1 Å². The first-order valence-electron chi connectivity index (χ1n) is 6.95. The number of hydrogen-bond donors (Lipinski definition) is 2. The number of nitrogens with two attached hydrogens (primary N) is 1. The van der Waals surface area contributed by atoms with Gasteiger partial charge >= 0.3 is 0 Å². The molecule has 0 unspecified atom stereocenters. The summed E-state index contributed by atoms with van der Waals surface area (Å²) < 4.78 is 27.5. The first-order chi connectivity index (χ1) is 9.47. The average molecular weight is 315 g/mol. The molecule has 3 N–H and O–H groups in total. The molecule has 1 aromatic rings. The largest absolute Gasteiger partial charge is 0.326 e. The molecular weight excluding hydrogens is 296 g/mol. The van der Waals surface area contributed by atoms with Crippen LogP contribution in [0.5, 0.6) is 0 Å². The number of sulfonamides is 1. The highest BCUT2D eigenvalue weighted by Gasteiger charge is 2.53. The average Bonchev–Trinajstić information content (AvgIpc) is 3.28. The maximum Gasteiger partial charge on any atom is 0.242 e. The molecule has 0 radical (unpaired) electrons. The number of benzene rings is 1. The highest BCUT2D eigenvalue weighted by molar-refractivity contribution is 7.89. The van der Waals surface area contributed by atoms with E-state index in [9.17, 15) is 8.42 Å². The van der Waals surface area contributed by atoms with E-state index in [2.05, 4.69) is 4.72 Å². The Morgan fingerprint density at radius 2 is 2.05 bits per heavy atom. The number of rotatable bonds is 6. The first kappa shape index (κ1) is 14.3. The van der Waals surface area contributed by atoms with Crippen LogP contribution in [0.4, 0.5) is 0 Å². The zero-order chi connectivity index (χ0) is 14.4. The monoisotopic (exact) mass is 314 g/mol. The van der Waals surface area contributed by atoms with E-state index in [0.29, 0.717) is 13.1 Å². The zero-order valence-electron chi connectivity index (χ0n) is 11.2. The Morgan fingerprint density at radius 1 is 1.35 bits per heavy atom. The molecule has 2 saturated carbocycles. The third-order valence-corrected chi connectivity index (χ3v) is 6.35. The van der Waals surface area contributed by atoms with E-state index in [1.807, 2.05) is 0 Å². The van der Waals surface area contributed by atoms with Crippen molar-refractivity contribution in [2.75, 3.05) is 6.54 Å². The van der Waals surface area contributed by atoms with Crippen LogP contribution in [-0.2, 0) is 16.6 Å². The van der Waals surface area contributed by atoms with Crippen molar-refractivity contribution in [2.24, 2.45) is 17.1 Å². The molecule has 4 nitrogen and oxygen atoms in total. The van der Waals surface area contributed by atoms with Crippen molar-refractivity contribution in [3.05, 3.63) is 28.8 Å². The Labute approximate surface area is 124 Å². The molecule has 0 atom stereocenters. The minimum atomic E-state index is -3.56. The molecule has 0 saturated heterocycles. The smallest absolute Gasteiger partial charge is 0.242 e. The van der Waals surface area contributed by atoms with E-state index < -0.39 is 10.0 Å². The summed E-state index contributed by atoms with van der Waals surface area (Å²) in [6.45, 7) is 0.828. The number of nitrogens with one attached hydrogen (secondary N) is 1. The molecule has 0 bridgehead atoms. The lowest BCUT2D eigenvalue weighted by Gasteiger charge is -2.16. The highest BCUT2D eigenvalue weighted by atomic mass is 35.5. The second-order valence-corrected chi connectivity index (χ2v) is 8.07. The predicted molar refractivity (Wildman–Crippen MR) is 78.9 cm³/mol. The van der Waals surface area contributed by atoms with E-state index in [-0.39, 0.29) is 15.3 Å². The van der Waals surface area contributed by atoms with E-state index in [1.54, 1.807) is 18.2 Å². The van der Waals surface area contributed by atoms with Crippen LogP contribution >= 0.6 is 11.6 Å². The van der Waals surface area contributed by atoms with Crippen molar-refractivity contribution in [2.45, 2.75) is 37.1 Å². The highest BCUT2D eigenvalue weighted by Crippen LogP contribution is 2.60. The molecule has 0 heterocycles. The standard InChI is InChI=1S/C14H19ClN2O2S/c15-12-4-1-10(8-16)7-13(12)20(18,19)17-9-14(5-6-14)11-2-3-11/h1,4,7,11,17H,2-3,5-6,8-9,16H2. The lowest BCUT2D eigenvalue weighted by molar-refractivity contribution is 0.432. The molecule has 2 fully saturated rings. The second-order valence-electron chi connectivity index (χ2n) is 5.93. The van der Waals surface area contributed by atoms with E-state index >= 15 is 0 Å². The number of hydrogen-bond acceptors (Lipinski definition) is 3. The lowest BCUT2D eigenvalue weighted by Crippen LogP contribution is -2.31. The SMILES string of the molecule is NCc1ccc(Cl)c(S(=O)(=O)NCC2(C3CC3)CC2)c1. The maximum atomic E-state index is 12.4. The van der Waals surface area contributed by atoms with Crippen molar-refractivity contribution in [1.82, 2.24) is 4.72 Å². The van der Waals surface area contributed by atoms with Crippen LogP contribution in [0.15, 0.2) is 23.1 Å². The van der Waals surface area contributed by atoms with Gasteiger partial charge in [-0.1, -0.05) is 17.7 Å². The molecule has 0 aliphatic heterocycles. The van der Waals surface area contributed by atoms with Gasteiger partial charge in [0.05, 0.1) is 5.02 Å². The summed E-state index contributed by atoms with van der Waals surface area (Å²) in [5.74, 6) is 0.719. The summed E-state index contributed by atoms with van der Waals surface area (Å²) in [5, 5.41) is 0.242. The van der Waals surface area contributed by atoms with Crippen LogP contribution in [-0.4, -0.2) is 15.0 Å². The van der Waals surface area contributed by atoms with Crippen molar-refractivity contribution in [3.8, 4) is 0 Å². The van der Waals surface area contributed by atoms with Gasteiger partial charge in [-0.05, 0) is 54.7 Å². The summed E-state index contributed by atoms with van der Waals surface area (Å²) in [6.07, 6.45) is 4.75.